The second kappa shape index (κ2) is 9.09. The first-order valence-electron chi connectivity index (χ1n) is 7.22. The Hall–Kier alpha value is -2.15. The van der Waals surface area contributed by atoms with Crippen molar-refractivity contribution in [2.24, 2.45) is 0 Å². The summed E-state index contributed by atoms with van der Waals surface area (Å²) in [4.78, 5) is 32.9. The van der Waals surface area contributed by atoms with Crippen molar-refractivity contribution in [2.75, 3.05) is 13.2 Å². The first kappa shape index (κ1) is 18.9. The minimum absolute atomic E-state index is 0.0233. The Morgan fingerprint density at radius 1 is 1.04 bits per heavy atom. The standard InChI is InChI=1S/C16H22O7/c1-10(8-20-11(2)17)7-14-5-6-15(22-13(4)19)16(23-14)9-21-12(3)18/h5-6,14-16H,1,7-9H2,2-4H3/t14-,15-,16+/m0/s1. The molecule has 0 N–H and O–H groups in total. The quantitative estimate of drug-likeness (QED) is 0.396. The number of carbonyl (C=O) groups excluding carboxylic acids is 3. The van der Waals surface area contributed by atoms with Crippen LogP contribution in [0.2, 0.25) is 0 Å². The Bertz CT molecular complexity index is 495. The Morgan fingerprint density at radius 3 is 2.26 bits per heavy atom. The molecule has 0 saturated carbocycles. The summed E-state index contributed by atoms with van der Waals surface area (Å²) in [6.07, 6.45) is 2.34. The summed E-state index contributed by atoms with van der Waals surface area (Å²) >= 11 is 0. The summed E-state index contributed by atoms with van der Waals surface area (Å²) in [7, 11) is 0. The second-order valence-electron chi connectivity index (χ2n) is 5.21. The molecule has 0 aliphatic carbocycles. The van der Waals surface area contributed by atoms with Crippen molar-refractivity contribution in [3.8, 4) is 0 Å². The van der Waals surface area contributed by atoms with Gasteiger partial charge in [-0.1, -0.05) is 12.7 Å². The van der Waals surface area contributed by atoms with Crippen LogP contribution in [0.4, 0.5) is 0 Å². The fourth-order valence-electron chi connectivity index (χ4n) is 2.01. The van der Waals surface area contributed by atoms with E-state index in [2.05, 4.69) is 6.58 Å². The molecule has 0 radical (unpaired) electrons. The van der Waals surface area contributed by atoms with E-state index >= 15 is 0 Å². The molecule has 0 fully saturated rings. The first-order chi connectivity index (χ1) is 10.8. The smallest absolute Gasteiger partial charge is 0.303 e. The van der Waals surface area contributed by atoms with Crippen molar-refractivity contribution in [3.05, 3.63) is 24.3 Å². The number of ether oxygens (including phenoxy) is 4. The Balaban J connectivity index is 2.62. The Morgan fingerprint density at radius 2 is 1.70 bits per heavy atom. The van der Waals surface area contributed by atoms with Crippen LogP contribution in [0.5, 0.6) is 0 Å². The van der Waals surface area contributed by atoms with Gasteiger partial charge < -0.3 is 18.9 Å². The largest absolute Gasteiger partial charge is 0.463 e. The van der Waals surface area contributed by atoms with E-state index in [1.54, 1.807) is 12.2 Å². The molecular weight excluding hydrogens is 304 g/mol. The molecule has 0 saturated heterocycles. The molecule has 0 aromatic heterocycles. The minimum atomic E-state index is -0.621. The lowest BCUT2D eigenvalue weighted by molar-refractivity contribution is -0.163. The molecule has 0 aromatic rings. The van der Waals surface area contributed by atoms with Crippen LogP contribution in [0.1, 0.15) is 27.2 Å². The predicted octanol–water partition coefficient (Wildman–Crippen LogP) is 1.31. The number of esters is 3. The number of rotatable bonds is 7. The van der Waals surface area contributed by atoms with Crippen LogP contribution < -0.4 is 0 Å². The van der Waals surface area contributed by atoms with E-state index in [0.717, 1.165) is 0 Å². The van der Waals surface area contributed by atoms with Crippen LogP contribution in [0.15, 0.2) is 24.3 Å². The van der Waals surface area contributed by atoms with Gasteiger partial charge in [0.1, 0.15) is 25.4 Å². The zero-order valence-electron chi connectivity index (χ0n) is 13.6. The van der Waals surface area contributed by atoms with Gasteiger partial charge in [-0.05, 0) is 11.6 Å². The van der Waals surface area contributed by atoms with Crippen molar-refractivity contribution in [1.29, 1.82) is 0 Å². The molecule has 0 unspecified atom stereocenters. The maximum absolute atomic E-state index is 11.1. The summed E-state index contributed by atoms with van der Waals surface area (Å²) in [6, 6.07) is 0. The molecule has 0 spiro atoms. The lowest BCUT2D eigenvalue weighted by Gasteiger charge is -2.31. The van der Waals surface area contributed by atoms with E-state index in [-0.39, 0.29) is 25.3 Å². The van der Waals surface area contributed by atoms with Gasteiger partial charge in [0.25, 0.3) is 0 Å². The average Bonchev–Trinajstić information content (AvgIpc) is 2.44. The molecule has 1 heterocycles. The van der Waals surface area contributed by atoms with Crippen LogP contribution in [-0.4, -0.2) is 49.4 Å². The van der Waals surface area contributed by atoms with E-state index in [9.17, 15) is 14.4 Å². The highest BCUT2D eigenvalue weighted by Gasteiger charge is 2.30. The molecule has 128 valence electrons. The van der Waals surface area contributed by atoms with Gasteiger partial charge in [-0.2, -0.15) is 0 Å². The maximum atomic E-state index is 11.1. The molecule has 23 heavy (non-hydrogen) atoms. The molecule has 0 bridgehead atoms. The van der Waals surface area contributed by atoms with Gasteiger partial charge in [0.05, 0.1) is 6.10 Å². The topological polar surface area (TPSA) is 88.1 Å². The van der Waals surface area contributed by atoms with Gasteiger partial charge in [0.15, 0.2) is 0 Å². The zero-order chi connectivity index (χ0) is 17.4. The second-order valence-corrected chi connectivity index (χ2v) is 5.21. The molecule has 7 nitrogen and oxygen atoms in total. The van der Waals surface area contributed by atoms with Crippen molar-refractivity contribution in [3.63, 3.8) is 0 Å². The summed E-state index contributed by atoms with van der Waals surface area (Å²) in [5.74, 6) is -1.27. The van der Waals surface area contributed by atoms with Crippen LogP contribution in [0.25, 0.3) is 0 Å². The first-order valence-corrected chi connectivity index (χ1v) is 7.22. The molecule has 3 atom stereocenters. The highest BCUT2D eigenvalue weighted by molar-refractivity contribution is 5.67. The molecule has 0 aromatic carbocycles. The normalized spacial score (nSPS) is 23.0. The third-order valence-corrected chi connectivity index (χ3v) is 2.95. The molecule has 1 aliphatic heterocycles. The van der Waals surface area contributed by atoms with Crippen molar-refractivity contribution < 1.29 is 33.3 Å². The molecule has 0 amide bonds. The third-order valence-electron chi connectivity index (χ3n) is 2.95. The highest BCUT2D eigenvalue weighted by atomic mass is 16.6. The van der Waals surface area contributed by atoms with E-state index < -0.39 is 24.1 Å². The molecule has 1 rings (SSSR count). The lowest BCUT2D eigenvalue weighted by atomic mass is 10.0. The van der Waals surface area contributed by atoms with Crippen LogP contribution in [-0.2, 0) is 33.3 Å². The fraction of sp³-hybridized carbons (Fsp3) is 0.562. The van der Waals surface area contributed by atoms with E-state index in [4.69, 9.17) is 18.9 Å². The van der Waals surface area contributed by atoms with E-state index in [1.165, 1.54) is 20.8 Å². The minimum Gasteiger partial charge on any atom is -0.463 e. The predicted molar refractivity (Wildman–Crippen MR) is 80.4 cm³/mol. The summed E-state index contributed by atoms with van der Waals surface area (Å²) in [5.41, 5.74) is 0.687. The van der Waals surface area contributed by atoms with Gasteiger partial charge in [-0.15, -0.1) is 0 Å². The maximum Gasteiger partial charge on any atom is 0.303 e. The monoisotopic (exact) mass is 326 g/mol. The average molecular weight is 326 g/mol. The van der Waals surface area contributed by atoms with Crippen molar-refractivity contribution >= 4 is 17.9 Å². The summed E-state index contributed by atoms with van der Waals surface area (Å²) < 4.78 is 20.7. The Labute approximate surface area is 135 Å². The number of hydrogen-bond acceptors (Lipinski definition) is 7. The lowest BCUT2D eigenvalue weighted by Crippen LogP contribution is -2.41. The van der Waals surface area contributed by atoms with Gasteiger partial charge in [0, 0.05) is 27.2 Å². The SMILES string of the molecule is C=C(COC(C)=O)C[C@@H]1C=C[C@H](OC(C)=O)[C@@H](COC(C)=O)O1. The van der Waals surface area contributed by atoms with Gasteiger partial charge >= 0.3 is 17.9 Å². The van der Waals surface area contributed by atoms with Crippen LogP contribution in [0, 0.1) is 0 Å². The van der Waals surface area contributed by atoms with Crippen LogP contribution >= 0.6 is 0 Å². The van der Waals surface area contributed by atoms with Crippen LogP contribution in [0.3, 0.4) is 0 Å². The van der Waals surface area contributed by atoms with Gasteiger partial charge in [-0.3, -0.25) is 14.4 Å². The van der Waals surface area contributed by atoms with Gasteiger partial charge in [-0.25, -0.2) is 0 Å². The molecular formula is C16H22O7. The number of hydrogen-bond donors (Lipinski definition) is 0. The van der Waals surface area contributed by atoms with E-state index in [1.807, 2.05) is 0 Å². The highest BCUT2D eigenvalue weighted by Crippen LogP contribution is 2.21. The summed E-state index contributed by atoms with van der Waals surface area (Å²) in [6.45, 7) is 7.83. The van der Waals surface area contributed by atoms with Gasteiger partial charge in [0.2, 0.25) is 0 Å². The third kappa shape index (κ3) is 7.60. The van der Waals surface area contributed by atoms with Crippen molar-refractivity contribution in [1.82, 2.24) is 0 Å². The Kier molecular flexibility index (Phi) is 7.47. The van der Waals surface area contributed by atoms with E-state index in [0.29, 0.717) is 12.0 Å². The zero-order valence-corrected chi connectivity index (χ0v) is 13.6. The number of carbonyl (C=O) groups is 3. The molecule has 7 heteroatoms. The molecule has 1 aliphatic rings. The summed E-state index contributed by atoms with van der Waals surface area (Å²) in [5, 5.41) is 0. The van der Waals surface area contributed by atoms with Crippen molar-refractivity contribution in [2.45, 2.75) is 45.5 Å². The fourth-order valence-corrected chi connectivity index (χ4v) is 2.01.